The highest BCUT2D eigenvalue weighted by molar-refractivity contribution is 5.53. The first-order valence-electron chi connectivity index (χ1n) is 6.73. The number of benzene rings is 1. The highest BCUT2D eigenvalue weighted by Crippen LogP contribution is 2.32. The fourth-order valence-electron chi connectivity index (χ4n) is 2.29. The highest BCUT2D eigenvalue weighted by Gasteiger charge is 2.30. The monoisotopic (exact) mass is 296 g/mol. The third-order valence-electron chi connectivity index (χ3n) is 3.91. The molecule has 0 saturated carbocycles. The molecule has 0 aliphatic heterocycles. The third-order valence-corrected chi connectivity index (χ3v) is 3.91. The average Bonchev–Trinajstić information content (AvgIpc) is 2.64. The predicted octanol–water partition coefficient (Wildman–Crippen LogP) is 4.58. The summed E-state index contributed by atoms with van der Waals surface area (Å²) < 4.78 is 40.3. The Morgan fingerprint density at radius 2 is 1.76 bits per heavy atom. The number of hydrogen-bond acceptors (Lipinski definition) is 1. The van der Waals surface area contributed by atoms with Gasteiger partial charge in [-0.15, -0.1) is 0 Å². The highest BCUT2D eigenvalue weighted by atomic mass is 19.4. The van der Waals surface area contributed by atoms with E-state index in [4.69, 9.17) is 0 Å². The van der Waals surface area contributed by atoms with E-state index in [-0.39, 0.29) is 0 Å². The number of halogens is 3. The molecule has 1 N–H and O–H groups in total. The Morgan fingerprint density at radius 3 is 2.29 bits per heavy atom. The Labute approximate surface area is 122 Å². The van der Waals surface area contributed by atoms with E-state index >= 15 is 0 Å². The summed E-state index contributed by atoms with van der Waals surface area (Å²) in [4.78, 5) is 0. The molecule has 1 aromatic heterocycles. The molecule has 1 aromatic carbocycles. The van der Waals surface area contributed by atoms with Crippen molar-refractivity contribution in [1.29, 1.82) is 0 Å². The van der Waals surface area contributed by atoms with Gasteiger partial charge in [-0.25, -0.2) is 0 Å². The molecular weight excluding hydrogens is 277 g/mol. The number of aryl methyl sites for hydroxylation is 2. The molecule has 21 heavy (non-hydrogen) atoms. The molecule has 0 amide bonds. The van der Waals surface area contributed by atoms with E-state index in [1.165, 1.54) is 12.1 Å². The smallest absolute Gasteiger partial charge is 0.381 e. The average molecular weight is 296 g/mol. The van der Waals surface area contributed by atoms with Crippen LogP contribution in [0.25, 0.3) is 0 Å². The Hall–Kier alpha value is -1.91. The van der Waals surface area contributed by atoms with Gasteiger partial charge in [-0.2, -0.15) is 13.2 Å². The lowest BCUT2D eigenvalue weighted by molar-refractivity contribution is -0.137. The fourth-order valence-corrected chi connectivity index (χ4v) is 2.29. The topological polar surface area (TPSA) is 17.0 Å². The quantitative estimate of drug-likeness (QED) is 0.877. The van der Waals surface area contributed by atoms with Crippen LogP contribution < -0.4 is 5.32 Å². The number of hydrogen-bond donors (Lipinski definition) is 1. The molecule has 0 fully saturated rings. The second-order valence-corrected chi connectivity index (χ2v) is 5.34. The minimum Gasteiger partial charge on any atom is -0.381 e. The van der Waals surface area contributed by atoms with Crippen molar-refractivity contribution < 1.29 is 13.2 Å². The van der Waals surface area contributed by atoms with Gasteiger partial charge in [-0.05, 0) is 50.1 Å². The zero-order valence-electron chi connectivity index (χ0n) is 12.6. The molecule has 1 heterocycles. The molecule has 0 bridgehead atoms. The predicted molar refractivity (Wildman–Crippen MR) is 78.4 cm³/mol. The van der Waals surface area contributed by atoms with Crippen LogP contribution >= 0.6 is 0 Å². The van der Waals surface area contributed by atoms with Crippen LogP contribution in [0, 0.1) is 20.8 Å². The molecule has 0 saturated heterocycles. The van der Waals surface area contributed by atoms with E-state index in [2.05, 4.69) is 9.88 Å². The van der Waals surface area contributed by atoms with E-state index in [1.807, 2.05) is 27.0 Å². The van der Waals surface area contributed by atoms with Gasteiger partial charge in [0.15, 0.2) is 0 Å². The largest absolute Gasteiger partial charge is 0.416 e. The second-order valence-electron chi connectivity index (χ2n) is 5.34. The van der Waals surface area contributed by atoms with Crippen LogP contribution in [-0.4, -0.2) is 4.57 Å². The van der Waals surface area contributed by atoms with E-state index in [1.54, 1.807) is 6.92 Å². The van der Waals surface area contributed by atoms with Gasteiger partial charge in [0, 0.05) is 30.7 Å². The minimum atomic E-state index is -4.32. The summed E-state index contributed by atoms with van der Waals surface area (Å²) in [7, 11) is 1.98. The minimum absolute atomic E-state index is 0.510. The SMILES string of the molecule is Cc1ccc(C(F)(F)F)cc1NCc1cc(C)n(C)c1C. The maximum atomic E-state index is 12.8. The summed E-state index contributed by atoms with van der Waals surface area (Å²) in [5.74, 6) is 0. The van der Waals surface area contributed by atoms with Crippen molar-refractivity contribution >= 4 is 5.69 Å². The molecule has 0 aliphatic rings. The van der Waals surface area contributed by atoms with Gasteiger partial charge in [-0.3, -0.25) is 0 Å². The van der Waals surface area contributed by atoms with Crippen molar-refractivity contribution in [3.63, 3.8) is 0 Å². The number of anilines is 1. The van der Waals surface area contributed by atoms with Crippen molar-refractivity contribution in [3.05, 3.63) is 52.3 Å². The van der Waals surface area contributed by atoms with Crippen LogP contribution in [-0.2, 0) is 19.8 Å². The van der Waals surface area contributed by atoms with Crippen molar-refractivity contribution in [2.45, 2.75) is 33.5 Å². The number of nitrogens with zero attached hydrogens (tertiary/aromatic N) is 1. The van der Waals surface area contributed by atoms with Crippen LogP contribution in [0.2, 0.25) is 0 Å². The van der Waals surface area contributed by atoms with Crippen molar-refractivity contribution in [2.24, 2.45) is 7.05 Å². The molecule has 0 radical (unpaired) electrons. The lowest BCUT2D eigenvalue weighted by Gasteiger charge is -2.13. The number of rotatable bonds is 3. The molecule has 2 nitrogen and oxygen atoms in total. The molecule has 5 heteroatoms. The van der Waals surface area contributed by atoms with E-state index < -0.39 is 11.7 Å². The molecule has 2 aromatic rings. The van der Waals surface area contributed by atoms with Gasteiger partial charge < -0.3 is 9.88 Å². The molecule has 2 rings (SSSR count). The van der Waals surface area contributed by atoms with Crippen molar-refractivity contribution in [2.75, 3.05) is 5.32 Å². The van der Waals surface area contributed by atoms with E-state index in [0.717, 1.165) is 28.6 Å². The van der Waals surface area contributed by atoms with Crippen LogP contribution in [0.5, 0.6) is 0 Å². The van der Waals surface area contributed by atoms with Gasteiger partial charge in [0.25, 0.3) is 0 Å². The molecule has 114 valence electrons. The summed E-state index contributed by atoms with van der Waals surface area (Å²) in [5.41, 5.74) is 4.03. The standard InChI is InChI=1S/C16H19F3N2/c1-10-5-6-14(16(17,18)19)8-15(10)20-9-13-7-11(2)21(4)12(13)3/h5-8,20H,9H2,1-4H3. The fraction of sp³-hybridized carbons (Fsp3) is 0.375. The zero-order chi connectivity index (χ0) is 15.8. The number of aromatic nitrogens is 1. The summed E-state index contributed by atoms with van der Waals surface area (Å²) in [5, 5.41) is 3.11. The van der Waals surface area contributed by atoms with Crippen LogP contribution in [0.4, 0.5) is 18.9 Å². The van der Waals surface area contributed by atoms with Crippen LogP contribution in [0.1, 0.15) is 28.1 Å². The first-order chi connectivity index (χ1) is 9.70. The maximum Gasteiger partial charge on any atom is 0.416 e. The molecular formula is C16H19F3N2. The van der Waals surface area contributed by atoms with Crippen LogP contribution in [0.15, 0.2) is 24.3 Å². The second kappa shape index (κ2) is 5.47. The molecule has 0 atom stereocenters. The summed E-state index contributed by atoms with van der Waals surface area (Å²) in [6, 6.07) is 5.82. The molecule has 0 aliphatic carbocycles. The zero-order valence-corrected chi connectivity index (χ0v) is 12.6. The van der Waals surface area contributed by atoms with Gasteiger partial charge in [0.05, 0.1) is 5.56 Å². The normalized spacial score (nSPS) is 11.8. The Kier molecular flexibility index (Phi) is 4.03. The third kappa shape index (κ3) is 3.23. The Bertz CT molecular complexity index is 654. The van der Waals surface area contributed by atoms with Crippen molar-refractivity contribution in [1.82, 2.24) is 4.57 Å². The Balaban J connectivity index is 2.21. The maximum absolute atomic E-state index is 12.8. The van der Waals surface area contributed by atoms with Gasteiger partial charge in [-0.1, -0.05) is 6.07 Å². The van der Waals surface area contributed by atoms with Crippen molar-refractivity contribution in [3.8, 4) is 0 Å². The summed E-state index contributed by atoms with van der Waals surface area (Å²) in [6.07, 6.45) is -4.32. The van der Waals surface area contributed by atoms with Gasteiger partial charge in [0.2, 0.25) is 0 Å². The van der Waals surface area contributed by atoms with Gasteiger partial charge in [0.1, 0.15) is 0 Å². The first kappa shape index (κ1) is 15.5. The summed E-state index contributed by atoms with van der Waals surface area (Å²) >= 11 is 0. The molecule has 0 spiro atoms. The number of alkyl halides is 3. The van der Waals surface area contributed by atoms with E-state index in [0.29, 0.717) is 12.2 Å². The van der Waals surface area contributed by atoms with Gasteiger partial charge >= 0.3 is 6.18 Å². The Morgan fingerprint density at radius 1 is 1.10 bits per heavy atom. The lowest BCUT2D eigenvalue weighted by atomic mass is 10.1. The van der Waals surface area contributed by atoms with E-state index in [9.17, 15) is 13.2 Å². The molecule has 0 unspecified atom stereocenters. The summed E-state index contributed by atoms with van der Waals surface area (Å²) in [6.45, 7) is 6.32. The lowest BCUT2D eigenvalue weighted by Crippen LogP contribution is -2.08. The van der Waals surface area contributed by atoms with Crippen LogP contribution in [0.3, 0.4) is 0 Å². The number of nitrogens with one attached hydrogen (secondary N) is 1. The first-order valence-corrected chi connectivity index (χ1v) is 6.73.